The van der Waals surface area contributed by atoms with Gasteiger partial charge in [0, 0.05) is 63.8 Å². The first-order chi connectivity index (χ1) is 16.8. The number of aromatic nitrogens is 1. The number of H-pyrrole nitrogens is 1. The van der Waals surface area contributed by atoms with Crippen LogP contribution in [0.4, 0.5) is 4.39 Å². The Labute approximate surface area is 203 Å². The zero-order valence-electron chi connectivity index (χ0n) is 20.1. The van der Waals surface area contributed by atoms with Gasteiger partial charge in [-0.05, 0) is 36.2 Å². The lowest BCUT2D eigenvalue weighted by Crippen LogP contribution is -2.35. The fraction of sp³-hybridized carbons (Fsp3) is 0.346. The van der Waals surface area contributed by atoms with E-state index < -0.39 is 11.7 Å². The van der Waals surface area contributed by atoms with Crippen LogP contribution >= 0.6 is 0 Å². The van der Waals surface area contributed by atoms with Gasteiger partial charge in [0.1, 0.15) is 17.3 Å². The number of ether oxygens (including phenoxy) is 1. The second-order valence-electron chi connectivity index (χ2n) is 8.88. The smallest absolute Gasteiger partial charge is 0.296 e. The zero-order chi connectivity index (χ0) is 25.1. The molecule has 2 heterocycles. The van der Waals surface area contributed by atoms with Gasteiger partial charge >= 0.3 is 0 Å². The predicted molar refractivity (Wildman–Crippen MR) is 130 cm³/mol. The number of likely N-dealkylation sites (N-methyl/N-ethyl adjacent to an activating group) is 1. The third-order valence-corrected chi connectivity index (χ3v) is 6.27. The SMILES string of the molecule is COc1cc2c[nH]c(C(=O)C(=O)N(C)C)c2cc1C(=O)N1CCCN(Cc2ccc(F)cc2)CC1. The molecule has 0 spiro atoms. The number of methoxy groups -OCH3 is 1. The molecule has 1 aromatic heterocycles. The Kier molecular flexibility index (Phi) is 7.16. The molecule has 0 atom stereocenters. The minimum absolute atomic E-state index is 0.150. The van der Waals surface area contributed by atoms with Gasteiger partial charge in [0.25, 0.3) is 17.6 Å². The number of nitrogens with one attached hydrogen (secondary N) is 1. The van der Waals surface area contributed by atoms with Gasteiger partial charge in [-0.1, -0.05) is 12.1 Å². The molecule has 2 amide bonds. The van der Waals surface area contributed by atoms with Crippen molar-refractivity contribution in [3.05, 3.63) is 65.2 Å². The van der Waals surface area contributed by atoms with Crippen LogP contribution in [0.5, 0.6) is 5.75 Å². The summed E-state index contributed by atoms with van der Waals surface area (Å²) in [5.74, 6) is -1.35. The summed E-state index contributed by atoms with van der Waals surface area (Å²) in [6, 6.07) is 9.80. The van der Waals surface area contributed by atoms with Gasteiger partial charge in [-0.2, -0.15) is 0 Å². The van der Waals surface area contributed by atoms with Crippen LogP contribution in [0.3, 0.4) is 0 Å². The van der Waals surface area contributed by atoms with Gasteiger partial charge in [0.05, 0.1) is 12.7 Å². The van der Waals surface area contributed by atoms with E-state index in [1.165, 1.54) is 38.2 Å². The lowest BCUT2D eigenvalue weighted by molar-refractivity contribution is -0.124. The van der Waals surface area contributed by atoms with Gasteiger partial charge < -0.3 is 19.5 Å². The van der Waals surface area contributed by atoms with Crippen LogP contribution in [0.1, 0.15) is 32.8 Å². The average Bonchev–Trinajstić information content (AvgIpc) is 3.13. The molecule has 1 aliphatic heterocycles. The van der Waals surface area contributed by atoms with Gasteiger partial charge in [-0.3, -0.25) is 19.3 Å². The van der Waals surface area contributed by atoms with Crippen LogP contribution in [0.2, 0.25) is 0 Å². The molecule has 184 valence electrons. The van der Waals surface area contributed by atoms with Crippen molar-refractivity contribution < 1.29 is 23.5 Å². The minimum atomic E-state index is -0.667. The van der Waals surface area contributed by atoms with Crippen molar-refractivity contribution >= 4 is 28.4 Å². The Morgan fingerprint density at radius 2 is 1.80 bits per heavy atom. The Hall–Kier alpha value is -3.72. The van der Waals surface area contributed by atoms with Gasteiger partial charge in [0.15, 0.2) is 0 Å². The molecule has 1 saturated heterocycles. The maximum absolute atomic E-state index is 13.5. The Balaban J connectivity index is 1.55. The maximum atomic E-state index is 13.5. The summed E-state index contributed by atoms with van der Waals surface area (Å²) in [5.41, 5.74) is 1.52. The van der Waals surface area contributed by atoms with Gasteiger partial charge in [-0.25, -0.2) is 4.39 Å². The van der Waals surface area contributed by atoms with E-state index >= 15 is 0 Å². The van der Waals surface area contributed by atoms with E-state index in [9.17, 15) is 18.8 Å². The average molecular weight is 481 g/mol. The zero-order valence-corrected chi connectivity index (χ0v) is 20.1. The molecule has 0 bridgehead atoms. The van der Waals surface area contributed by atoms with Crippen LogP contribution in [0.25, 0.3) is 10.8 Å². The minimum Gasteiger partial charge on any atom is -0.496 e. The van der Waals surface area contributed by atoms with E-state index in [1.807, 2.05) is 0 Å². The number of hydrogen-bond acceptors (Lipinski definition) is 5. The van der Waals surface area contributed by atoms with Crippen LogP contribution in [0, 0.1) is 5.82 Å². The van der Waals surface area contributed by atoms with Crippen molar-refractivity contribution in [3.8, 4) is 5.75 Å². The van der Waals surface area contributed by atoms with Gasteiger partial charge in [0.2, 0.25) is 0 Å². The first-order valence-corrected chi connectivity index (χ1v) is 11.5. The molecule has 2 aromatic carbocycles. The highest BCUT2D eigenvalue weighted by atomic mass is 19.1. The number of rotatable bonds is 6. The van der Waals surface area contributed by atoms with Crippen molar-refractivity contribution in [2.45, 2.75) is 13.0 Å². The van der Waals surface area contributed by atoms with Crippen molar-refractivity contribution in [2.75, 3.05) is 47.4 Å². The Bertz CT molecular complexity index is 1250. The molecule has 0 saturated carbocycles. The van der Waals surface area contributed by atoms with E-state index in [0.29, 0.717) is 48.3 Å². The summed E-state index contributed by atoms with van der Waals surface area (Å²) < 4.78 is 18.7. The molecule has 0 aliphatic carbocycles. The molecule has 0 radical (unpaired) electrons. The highest BCUT2D eigenvalue weighted by Gasteiger charge is 2.27. The maximum Gasteiger partial charge on any atom is 0.296 e. The van der Waals surface area contributed by atoms with E-state index in [0.717, 1.165) is 18.5 Å². The highest BCUT2D eigenvalue weighted by Crippen LogP contribution is 2.30. The number of fused-ring (bicyclic) bond motifs is 1. The second kappa shape index (κ2) is 10.3. The third-order valence-electron chi connectivity index (χ3n) is 6.27. The van der Waals surface area contributed by atoms with Crippen LogP contribution < -0.4 is 4.74 Å². The summed E-state index contributed by atoms with van der Waals surface area (Å²) in [7, 11) is 4.53. The molecule has 1 aliphatic rings. The normalized spacial score (nSPS) is 14.6. The number of nitrogens with zero attached hydrogens (tertiary/aromatic N) is 3. The van der Waals surface area contributed by atoms with Crippen molar-refractivity contribution in [1.29, 1.82) is 0 Å². The quantitative estimate of drug-likeness (QED) is 0.433. The lowest BCUT2D eigenvalue weighted by Gasteiger charge is -2.23. The molecule has 35 heavy (non-hydrogen) atoms. The Morgan fingerprint density at radius 1 is 1.06 bits per heavy atom. The molecule has 9 heteroatoms. The summed E-state index contributed by atoms with van der Waals surface area (Å²) >= 11 is 0. The largest absolute Gasteiger partial charge is 0.496 e. The molecular weight excluding hydrogens is 451 g/mol. The number of aromatic amines is 1. The second-order valence-corrected chi connectivity index (χ2v) is 8.88. The van der Waals surface area contributed by atoms with Crippen LogP contribution in [-0.4, -0.2) is 84.7 Å². The number of halogens is 1. The number of ketones is 1. The third kappa shape index (κ3) is 5.19. The van der Waals surface area contributed by atoms with E-state index in [2.05, 4.69) is 9.88 Å². The highest BCUT2D eigenvalue weighted by molar-refractivity contribution is 6.44. The Morgan fingerprint density at radius 3 is 2.49 bits per heavy atom. The molecule has 8 nitrogen and oxygen atoms in total. The summed E-state index contributed by atoms with van der Waals surface area (Å²) in [6.45, 7) is 3.29. The first-order valence-electron chi connectivity index (χ1n) is 11.5. The molecule has 4 rings (SSSR count). The van der Waals surface area contributed by atoms with Gasteiger partial charge in [-0.15, -0.1) is 0 Å². The molecule has 1 N–H and O–H groups in total. The van der Waals surface area contributed by atoms with Crippen LogP contribution in [0.15, 0.2) is 42.6 Å². The van der Waals surface area contributed by atoms with E-state index in [-0.39, 0.29) is 17.4 Å². The topological polar surface area (TPSA) is 85.9 Å². The first kappa shape index (κ1) is 24.4. The predicted octanol–water partition coefficient (Wildman–Crippen LogP) is 2.93. The number of carbonyl (C=O) groups is 3. The standard InChI is InChI=1S/C26H29FN4O4/c1-29(2)26(34)24(32)23-20-14-21(22(35-3)13-18(20)15-28-23)25(33)31-10-4-9-30(11-12-31)16-17-5-7-19(27)8-6-17/h5-8,13-15,28H,4,9-12,16H2,1-3H3. The molecule has 0 unspecified atom stereocenters. The fourth-order valence-corrected chi connectivity index (χ4v) is 4.34. The number of carbonyl (C=O) groups excluding carboxylic acids is 3. The van der Waals surface area contributed by atoms with Crippen LogP contribution in [-0.2, 0) is 11.3 Å². The van der Waals surface area contributed by atoms with E-state index in [1.54, 1.807) is 35.4 Å². The summed E-state index contributed by atoms with van der Waals surface area (Å²) in [5, 5.41) is 1.18. The van der Waals surface area contributed by atoms with Crippen molar-refractivity contribution in [2.24, 2.45) is 0 Å². The number of amides is 2. The molecule has 1 fully saturated rings. The summed E-state index contributed by atoms with van der Waals surface area (Å²) in [4.78, 5) is 46.6. The summed E-state index contributed by atoms with van der Waals surface area (Å²) in [6.07, 6.45) is 2.42. The molecular formula is C26H29FN4O4. The van der Waals surface area contributed by atoms with Crippen molar-refractivity contribution in [1.82, 2.24) is 19.7 Å². The van der Waals surface area contributed by atoms with Crippen molar-refractivity contribution in [3.63, 3.8) is 0 Å². The number of hydrogen-bond donors (Lipinski definition) is 1. The fourth-order valence-electron chi connectivity index (χ4n) is 4.34. The number of benzene rings is 2. The molecule has 3 aromatic rings. The lowest BCUT2D eigenvalue weighted by atomic mass is 10.0. The van der Waals surface area contributed by atoms with E-state index in [4.69, 9.17) is 4.74 Å². The monoisotopic (exact) mass is 480 g/mol. The number of Topliss-reactive ketones (excluding diaryl/α,β-unsaturated/α-hetero) is 1.